The van der Waals surface area contributed by atoms with E-state index < -0.39 is 0 Å². The van der Waals surface area contributed by atoms with Crippen LogP contribution in [0.4, 0.5) is 0 Å². The first-order valence-electron chi connectivity index (χ1n) is 5.78. The van der Waals surface area contributed by atoms with E-state index in [9.17, 15) is 4.79 Å². The first-order valence-corrected chi connectivity index (χ1v) is 5.78. The second-order valence-electron chi connectivity index (χ2n) is 4.04. The number of nitrogens with zero attached hydrogens (tertiary/aromatic N) is 1. The second-order valence-corrected chi connectivity index (χ2v) is 4.04. The number of carbonyl (C=O) groups is 1. The highest BCUT2D eigenvalue weighted by molar-refractivity contribution is 5.76. The monoisotopic (exact) mass is 235 g/mol. The largest absolute Gasteiger partial charge is 0.497 e. The van der Waals surface area contributed by atoms with Gasteiger partial charge in [-0.1, -0.05) is 12.1 Å². The van der Waals surface area contributed by atoms with Gasteiger partial charge in [-0.05, 0) is 24.1 Å². The number of hydrogen-bond donors (Lipinski definition) is 0. The molecule has 2 rings (SSSR count). The molecule has 0 bridgehead atoms. The van der Waals surface area contributed by atoms with Crippen molar-refractivity contribution < 1.29 is 14.3 Å². The fourth-order valence-electron chi connectivity index (χ4n) is 1.81. The number of hydrogen-bond acceptors (Lipinski definition) is 3. The Labute approximate surface area is 101 Å². The molecule has 1 saturated heterocycles. The van der Waals surface area contributed by atoms with E-state index in [-0.39, 0.29) is 5.91 Å². The molecule has 1 aliphatic heterocycles. The van der Waals surface area contributed by atoms with Crippen molar-refractivity contribution in [2.24, 2.45) is 0 Å². The highest BCUT2D eigenvalue weighted by Crippen LogP contribution is 2.13. The van der Waals surface area contributed by atoms with Crippen LogP contribution in [0.3, 0.4) is 0 Å². The third kappa shape index (κ3) is 3.20. The maximum Gasteiger partial charge on any atom is 0.224 e. The standard InChI is InChI=1S/C13H17NO3/c1-16-12-5-2-11(3-6-12)4-7-13(15)14-8-9-17-10-14/h2-3,5-6H,4,7-10H2,1H3. The summed E-state index contributed by atoms with van der Waals surface area (Å²) in [4.78, 5) is 13.5. The summed E-state index contributed by atoms with van der Waals surface area (Å²) in [6.07, 6.45) is 1.30. The van der Waals surface area contributed by atoms with Crippen molar-refractivity contribution in [3.8, 4) is 5.75 Å². The Balaban J connectivity index is 1.82. The molecule has 17 heavy (non-hydrogen) atoms. The fourth-order valence-corrected chi connectivity index (χ4v) is 1.81. The van der Waals surface area contributed by atoms with E-state index in [1.54, 1.807) is 12.0 Å². The molecule has 0 atom stereocenters. The zero-order valence-corrected chi connectivity index (χ0v) is 10.0. The number of rotatable bonds is 4. The van der Waals surface area contributed by atoms with Crippen LogP contribution in [-0.4, -0.2) is 37.8 Å². The Morgan fingerprint density at radius 2 is 2.18 bits per heavy atom. The SMILES string of the molecule is COc1ccc(CCC(=O)N2CCOC2)cc1. The summed E-state index contributed by atoms with van der Waals surface area (Å²) in [7, 11) is 1.64. The predicted octanol–water partition coefficient (Wildman–Crippen LogP) is 1.44. The van der Waals surface area contributed by atoms with E-state index in [1.165, 1.54) is 0 Å². The zero-order valence-electron chi connectivity index (χ0n) is 10.0. The first-order chi connectivity index (χ1) is 8.29. The van der Waals surface area contributed by atoms with Crippen LogP contribution in [0, 0.1) is 0 Å². The molecule has 0 aliphatic carbocycles. The normalized spacial score (nSPS) is 15.0. The number of amides is 1. The van der Waals surface area contributed by atoms with E-state index in [1.807, 2.05) is 24.3 Å². The minimum Gasteiger partial charge on any atom is -0.497 e. The van der Waals surface area contributed by atoms with Gasteiger partial charge in [-0.3, -0.25) is 4.79 Å². The Hall–Kier alpha value is -1.55. The minimum absolute atomic E-state index is 0.165. The lowest BCUT2D eigenvalue weighted by Gasteiger charge is -2.13. The highest BCUT2D eigenvalue weighted by atomic mass is 16.5. The number of carbonyl (C=O) groups excluding carboxylic acids is 1. The maximum absolute atomic E-state index is 11.8. The van der Waals surface area contributed by atoms with Gasteiger partial charge >= 0.3 is 0 Å². The summed E-state index contributed by atoms with van der Waals surface area (Å²) in [6, 6.07) is 7.82. The molecule has 4 heteroatoms. The summed E-state index contributed by atoms with van der Waals surface area (Å²) in [6.45, 7) is 1.83. The molecule has 1 amide bonds. The quantitative estimate of drug-likeness (QED) is 0.792. The smallest absolute Gasteiger partial charge is 0.224 e. The van der Waals surface area contributed by atoms with Gasteiger partial charge in [0.05, 0.1) is 13.7 Å². The van der Waals surface area contributed by atoms with Crippen molar-refractivity contribution in [3.63, 3.8) is 0 Å². The topological polar surface area (TPSA) is 38.8 Å². The van der Waals surface area contributed by atoms with Gasteiger partial charge < -0.3 is 14.4 Å². The molecule has 0 aromatic heterocycles. The van der Waals surface area contributed by atoms with Crippen molar-refractivity contribution in [2.45, 2.75) is 12.8 Å². The number of methoxy groups -OCH3 is 1. The first kappa shape index (κ1) is 11.9. The van der Waals surface area contributed by atoms with Crippen molar-refractivity contribution in [3.05, 3.63) is 29.8 Å². The van der Waals surface area contributed by atoms with Crippen molar-refractivity contribution in [2.75, 3.05) is 27.0 Å². The molecule has 1 aliphatic rings. The van der Waals surface area contributed by atoms with Crippen LogP contribution < -0.4 is 4.74 Å². The molecule has 0 spiro atoms. The molecule has 0 unspecified atom stereocenters. The third-order valence-corrected chi connectivity index (χ3v) is 2.89. The van der Waals surface area contributed by atoms with Crippen molar-refractivity contribution >= 4 is 5.91 Å². The molecule has 1 aromatic rings. The third-order valence-electron chi connectivity index (χ3n) is 2.89. The Kier molecular flexibility index (Phi) is 3.98. The van der Waals surface area contributed by atoms with Gasteiger partial charge in [0.25, 0.3) is 0 Å². The summed E-state index contributed by atoms with van der Waals surface area (Å²) < 4.78 is 10.2. The molecule has 1 aromatic carbocycles. The minimum atomic E-state index is 0.165. The summed E-state index contributed by atoms with van der Waals surface area (Å²) >= 11 is 0. The van der Waals surface area contributed by atoms with Gasteiger partial charge in [-0.2, -0.15) is 0 Å². The molecule has 4 nitrogen and oxygen atoms in total. The van der Waals surface area contributed by atoms with Gasteiger partial charge in [-0.15, -0.1) is 0 Å². The lowest BCUT2D eigenvalue weighted by atomic mass is 10.1. The molecular formula is C13H17NO3. The summed E-state index contributed by atoms with van der Waals surface area (Å²) in [5.41, 5.74) is 1.15. The van der Waals surface area contributed by atoms with E-state index in [0.717, 1.165) is 24.3 Å². The van der Waals surface area contributed by atoms with Crippen molar-refractivity contribution in [1.82, 2.24) is 4.90 Å². The number of ether oxygens (including phenoxy) is 2. The van der Waals surface area contributed by atoms with Crippen LogP contribution in [0.25, 0.3) is 0 Å². The number of aryl methyl sites for hydroxylation is 1. The maximum atomic E-state index is 11.8. The highest BCUT2D eigenvalue weighted by Gasteiger charge is 2.17. The van der Waals surface area contributed by atoms with Crippen LogP contribution >= 0.6 is 0 Å². The molecule has 0 N–H and O–H groups in total. The van der Waals surface area contributed by atoms with Crippen molar-refractivity contribution in [1.29, 1.82) is 0 Å². The molecule has 1 heterocycles. The second kappa shape index (κ2) is 5.68. The van der Waals surface area contributed by atoms with E-state index in [4.69, 9.17) is 9.47 Å². The summed E-state index contributed by atoms with van der Waals surface area (Å²) in [5, 5.41) is 0. The van der Waals surface area contributed by atoms with E-state index in [0.29, 0.717) is 19.8 Å². The lowest BCUT2D eigenvalue weighted by molar-refractivity contribution is -0.131. The van der Waals surface area contributed by atoms with Crippen LogP contribution in [0.2, 0.25) is 0 Å². The predicted molar refractivity (Wildman–Crippen MR) is 63.8 cm³/mol. The summed E-state index contributed by atoms with van der Waals surface area (Å²) in [5.74, 6) is 1.01. The van der Waals surface area contributed by atoms with Gasteiger partial charge in [0.15, 0.2) is 0 Å². The lowest BCUT2D eigenvalue weighted by Crippen LogP contribution is -2.28. The Morgan fingerprint density at radius 3 is 2.76 bits per heavy atom. The van der Waals surface area contributed by atoms with Crippen LogP contribution in [-0.2, 0) is 16.0 Å². The average Bonchev–Trinajstić information content (AvgIpc) is 2.90. The van der Waals surface area contributed by atoms with Crippen LogP contribution in [0.15, 0.2) is 24.3 Å². The van der Waals surface area contributed by atoms with Gasteiger partial charge in [0, 0.05) is 13.0 Å². The zero-order chi connectivity index (χ0) is 12.1. The Bertz CT molecular complexity index is 369. The molecular weight excluding hydrogens is 218 g/mol. The van der Waals surface area contributed by atoms with Crippen LogP contribution in [0.1, 0.15) is 12.0 Å². The van der Waals surface area contributed by atoms with E-state index >= 15 is 0 Å². The fraction of sp³-hybridized carbons (Fsp3) is 0.462. The molecule has 0 radical (unpaired) electrons. The van der Waals surface area contributed by atoms with Crippen LogP contribution in [0.5, 0.6) is 5.75 Å². The molecule has 92 valence electrons. The van der Waals surface area contributed by atoms with Gasteiger partial charge in [0.1, 0.15) is 12.5 Å². The molecule has 0 saturated carbocycles. The van der Waals surface area contributed by atoms with Gasteiger partial charge in [-0.25, -0.2) is 0 Å². The number of benzene rings is 1. The van der Waals surface area contributed by atoms with Gasteiger partial charge in [0.2, 0.25) is 5.91 Å². The average molecular weight is 235 g/mol. The Morgan fingerprint density at radius 1 is 1.41 bits per heavy atom. The molecule has 1 fully saturated rings. The van der Waals surface area contributed by atoms with E-state index in [2.05, 4.69) is 0 Å².